The number of rotatable bonds is 4. The molecule has 0 amide bonds. The fourth-order valence-corrected chi connectivity index (χ4v) is 2.65. The highest BCUT2D eigenvalue weighted by atomic mass is 35.5. The molecule has 0 aliphatic carbocycles. The van der Waals surface area contributed by atoms with Crippen LogP contribution in [0.2, 0.25) is 0 Å². The van der Waals surface area contributed by atoms with Crippen molar-refractivity contribution < 1.29 is 0 Å². The molecular formula is C12H26ClN3. The first kappa shape index (κ1) is 14.2. The van der Waals surface area contributed by atoms with Crippen molar-refractivity contribution in [2.75, 3.05) is 46.3 Å². The van der Waals surface area contributed by atoms with E-state index in [1.807, 2.05) is 0 Å². The molecular weight excluding hydrogens is 222 g/mol. The maximum absolute atomic E-state index is 3.70. The van der Waals surface area contributed by atoms with E-state index in [0.717, 1.165) is 6.04 Å². The summed E-state index contributed by atoms with van der Waals surface area (Å²) in [5, 5.41) is 3.70. The molecule has 2 aliphatic heterocycles. The van der Waals surface area contributed by atoms with Gasteiger partial charge in [0, 0.05) is 19.1 Å². The normalized spacial score (nSPS) is 24.6. The highest BCUT2D eigenvalue weighted by Crippen LogP contribution is 2.09. The van der Waals surface area contributed by atoms with Gasteiger partial charge in [-0.15, -0.1) is 12.4 Å². The molecule has 0 saturated carbocycles. The van der Waals surface area contributed by atoms with E-state index in [4.69, 9.17) is 0 Å². The number of nitrogens with zero attached hydrogens (tertiary/aromatic N) is 2. The van der Waals surface area contributed by atoms with Gasteiger partial charge in [-0.1, -0.05) is 0 Å². The van der Waals surface area contributed by atoms with E-state index >= 15 is 0 Å². The van der Waals surface area contributed by atoms with Gasteiger partial charge in [0.1, 0.15) is 0 Å². The zero-order valence-electron chi connectivity index (χ0n) is 10.5. The third-order valence-electron chi connectivity index (χ3n) is 3.78. The van der Waals surface area contributed by atoms with Gasteiger partial charge < -0.3 is 15.1 Å². The number of piperidine rings is 1. The van der Waals surface area contributed by atoms with Crippen LogP contribution in [0.1, 0.15) is 25.7 Å². The van der Waals surface area contributed by atoms with Crippen molar-refractivity contribution in [2.24, 2.45) is 0 Å². The van der Waals surface area contributed by atoms with Gasteiger partial charge in [0.15, 0.2) is 0 Å². The molecule has 0 bridgehead atoms. The summed E-state index contributed by atoms with van der Waals surface area (Å²) >= 11 is 0. The van der Waals surface area contributed by atoms with Crippen molar-refractivity contribution in [1.82, 2.24) is 15.1 Å². The molecule has 4 heteroatoms. The van der Waals surface area contributed by atoms with Crippen LogP contribution in [0, 0.1) is 0 Å². The van der Waals surface area contributed by atoms with Crippen molar-refractivity contribution in [3.63, 3.8) is 0 Å². The Morgan fingerprint density at radius 1 is 1.06 bits per heavy atom. The third-order valence-corrected chi connectivity index (χ3v) is 3.78. The molecule has 16 heavy (non-hydrogen) atoms. The molecule has 2 saturated heterocycles. The second kappa shape index (κ2) is 7.49. The number of nitrogens with one attached hydrogen (secondary N) is 1. The Balaban J connectivity index is 0.00000128. The molecule has 0 radical (unpaired) electrons. The maximum atomic E-state index is 3.70. The van der Waals surface area contributed by atoms with E-state index < -0.39 is 0 Å². The fraction of sp³-hybridized carbons (Fsp3) is 1.00. The lowest BCUT2D eigenvalue weighted by Gasteiger charge is -2.30. The monoisotopic (exact) mass is 247 g/mol. The molecule has 0 atom stereocenters. The van der Waals surface area contributed by atoms with E-state index in [9.17, 15) is 0 Å². The van der Waals surface area contributed by atoms with Crippen LogP contribution in [-0.2, 0) is 0 Å². The minimum Gasteiger partial charge on any atom is -0.313 e. The van der Waals surface area contributed by atoms with Gasteiger partial charge in [0.05, 0.1) is 0 Å². The summed E-state index contributed by atoms with van der Waals surface area (Å²) in [6.07, 6.45) is 5.48. The SMILES string of the molecule is CN1CCC(NCCN2CCCC2)CC1.Cl. The number of hydrogen-bond donors (Lipinski definition) is 1. The van der Waals surface area contributed by atoms with E-state index in [1.165, 1.54) is 65.0 Å². The molecule has 96 valence electrons. The molecule has 3 nitrogen and oxygen atoms in total. The van der Waals surface area contributed by atoms with Crippen LogP contribution in [0.15, 0.2) is 0 Å². The van der Waals surface area contributed by atoms with Gasteiger partial charge in [-0.3, -0.25) is 0 Å². The summed E-state index contributed by atoms with van der Waals surface area (Å²) in [5.41, 5.74) is 0. The Labute approximate surface area is 106 Å². The Kier molecular flexibility index (Phi) is 6.66. The zero-order valence-corrected chi connectivity index (χ0v) is 11.3. The van der Waals surface area contributed by atoms with Crippen molar-refractivity contribution in [1.29, 1.82) is 0 Å². The molecule has 2 rings (SSSR count). The first-order chi connectivity index (χ1) is 7.34. The van der Waals surface area contributed by atoms with Crippen molar-refractivity contribution >= 4 is 12.4 Å². The average Bonchev–Trinajstić information content (AvgIpc) is 2.74. The number of likely N-dealkylation sites (tertiary alicyclic amines) is 2. The molecule has 0 aromatic carbocycles. The minimum absolute atomic E-state index is 0. The van der Waals surface area contributed by atoms with Crippen LogP contribution in [0.3, 0.4) is 0 Å². The molecule has 0 aromatic rings. The van der Waals surface area contributed by atoms with Crippen LogP contribution >= 0.6 is 12.4 Å². The standard InChI is InChI=1S/C12H25N3.ClH/c1-14-9-4-12(5-10-14)13-6-11-15-7-2-3-8-15;/h12-13H,2-11H2,1H3;1H. The lowest BCUT2D eigenvalue weighted by molar-refractivity contribution is 0.228. The first-order valence-electron chi connectivity index (χ1n) is 6.49. The molecule has 2 heterocycles. The highest BCUT2D eigenvalue weighted by Gasteiger charge is 2.16. The molecule has 1 N–H and O–H groups in total. The lowest BCUT2D eigenvalue weighted by Crippen LogP contribution is -2.43. The molecule has 2 fully saturated rings. The van der Waals surface area contributed by atoms with Crippen LogP contribution in [-0.4, -0.2) is 62.2 Å². The van der Waals surface area contributed by atoms with E-state index in [2.05, 4.69) is 22.2 Å². The smallest absolute Gasteiger partial charge is 0.0107 e. The van der Waals surface area contributed by atoms with Crippen LogP contribution < -0.4 is 5.32 Å². The second-order valence-electron chi connectivity index (χ2n) is 5.08. The summed E-state index contributed by atoms with van der Waals surface area (Å²) in [4.78, 5) is 5.01. The van der Waals surface area contributed by atoms with E-state index in [-0.39, 0.29) is 12.4 Å². The summed E-state index contributed by atoms with van der Waals surface area (Å²) in [5.74, 6) is 0. The Morgan fingerprint density at radius 3 is 2.31 bits per heavy atom. The summed E-state index contributed by atoms with van der Waals surface area (Å²) in [7, 11) is 2.22. The Morgan fingerprint density at radius 2 is 1.69 bits per heavy atom. The summed E-state index contributed by atoms with van der Waals surface area (Å²) in [6, 6.07) is 0.781. The van der Waals surface area contributed by atoms with Gasteiger partial charge in [-0.05, 0) is 58.9 Å². The van der Waals surface area contributed by atoms with E-state index in [0.29, 0.717) is 0 Å². The van der Waals surface area contributed by atoms with Crippen molar-refractivity contribution in [3.05, 3.63) is 0 Å². The summed E-state index contributed by atoms with van der Waals surface area (Å²) in [6.45, 7) is 7.63. The minimum atomic E-state index is 0. The Hall–Kier alpha value is 0.170. The molecule has 0 spiro atoms. The van der Waals surface area contributed by atoms with Gasteiger partial charge in [-0.2, -0.15) is 0 Å². The highest BCUT2D eigenvalue weighted by molar-refractivity contribution is 5.85. The van der Waals surface area contributed by atoms with Crippen LogP contribution in [0.4, 0.5) is 0 Å². The molecule has 0 aromatic heterocycles. The number of halogens is 1. The van der Waals surface area contributed by atoms with Gasteiger partial charge in [0.2, 0.25) is 0 Å². The second-order valence-corrected chi connectivity index (χ2v) is 5.08. The van der Waals surface area contributed by atoms with Gasteiger partial charge in [0.25, 0.3) is 0 Å². The molecule has 0 unspecified atom stereocenters. The lowest BCUT2D eigenvalue weighted by atomic mass is 10.1. The fourth-order valence-electron chi connectivity index (χ4n) is 2.65. The number of hydrogen-bond acceptors (Lipinski definition) is 3. The largest absolute Gasteiger partial charge is 0.313 e. The predicted molar refractivity (Wildman–Crippen MR) is 71.4 cm³/mol. The first-order valence-corrected chi connectivity index (χ1v) is 6.49. The molecule has 2 aliphatic rings. The predicted octanol–water partition coefficient (Wildman–Crippen LogP) is 1.19. The van der Waals surface area contributed by atoms with Crippen LogP contribution in [0.5, 0.6) is 0 Å². The third kappa shape index (κ3) is 4.58. The van der Waals surface area contributed by atoms with Gasteiger partial charge >= 0.3 is 0 Å². The summed E-state index contributed by atoms with van der Waals surface area (Å²) < 4.78 is 0. The van der Waals surface area contributed by atoms with E-state index in [1.54, 1.807) is 0 Å². The van der Waals surface area contributed by atoms with Crippen molar-refractivity contribution in [3.8, 4) is 0 Å². The average molecular weight is 248 g/mol. The Bertz CT molecular complexity index is 175. The van der Waals surface area contributed by atoms with Crippen LogP contribution in [0.25, 0.3) is 0 Å². The van der Waals surface area contributed by atoms with Crippen molar-refractivity contribution in [2.45, 2.75) is 31.7 Å². The topological polar surface area (TPSA) is 18.5 Å². The maximum Gasteiger partial charge on any atom is 0.0107 e. The van der Waals surface area contributed by atoms with Gasteiger partial charge in [-0.25, -0.2) is 0 Å². The zero-order chi connectivity index (χ0) is 10.5. The quantitative estimate of drug-likeness (QED) is 0.805.